The number of halogens is 2. The topological polar surface area (TPSA) is 29.5 Å². The molecule has 1 saturated carbocycles. The lowest BCUT2D eigenvalue weighted by Gasteiger charge is -2.25. The van der Waals surface area contributed by atoms with Crippen molar-refractivity contribution < 1.29 is 9.84 Å². The van der Waals surface area contributed by atoms with Crippen LogP contribution in [0.15, 0.2) is 10.6 Å². The highest BCUT2D eigenvalue weighted by atomic mass is 35.5. The molecule has 0 saturated heterocycles. The molecule has 0 aromatic carbocycles. The predicted molar refractivity (Wildman–Crippen MR) is 54.0 cm³/mol. The summed E-state index contributed by atoms with van der Waals surface area (Å²) < 4.78 is 5.49. The van der Waals surface area contributed by atoms with Gasteiger partial charge in [-0.25, -0.2) is 0 Å². The maximum Gasteiger partial charge on any atom is 0.0835 e. The van der Waals surface area contributed by atoms with Crippen molar-refractivity contribution in [3.05, 3.63) is 10.6 Å². The van der Waals surface area contributed by atoms with Crippen LogP contribution >= 0.6 is 23.2 Å². The highest BCUT2D eigenvalue weighted by Gasteiger charge is 2.19. The minimum absolute atomic E-state index is 0.140. The maximum absolute atomic E-state index is 9.24. The largest absolute Gasteiger partial charge is 0.393 e. The zero-order valence-corrected chi connectivity index (χ0v) is 8.89. The van der Waals surface area contributed by atoms with E-state index in [2.05, 4.69) is 0 Å². The van der Waals surface area contributed by atoms with E-state index in [4.69, 9.17) is 27.9 Å². The molecule has 13 heavy (non-hydrogen) atoms. The first-order valence-electron chi connectivity index (χ1n) is 4.46. The Morgan fingerprint density at radius 2 is 2.00 bits per heavy atom. The normalized spacial score (nSPS) is 30.5. The summed E-state index contributed by atoms with van der Waals surface area (Å²) in [6.45, 7) is 0.381. The van der Waals surface area contributed by atoms with Crippen LogP contribution in [0.1, 0.15) is 25.7 Å². The SMILES string of the molecule is OC1CCC(OC/C(Cl)=C/Cl)CC1. The molecule has 2 nitrogen and oxygen atoms in total. The van der Waals surface area contributed by atoms with E-state index < -0.39 is 0 Å². The highest BCUT2D eigenvalue weighted by molar-refractivity contribution is 6.36. The van der Waals surface area contributed by atoms with Gasteiger partial charge < -0.3 is 9.84 Å². The first-order valence-corrected chi connectivity index (χ1v) is 5.28. The van der Waals surface area contributed by atoms with E-state index in [0.717, 1.165) is 25.7 Å². The minimum Gasteiger partial charge on any atom is -0.393 e. The van der Waals surface area contributed by atoms with Gasteiger partial charge in [0.1, 0.15) is 0 Å². The molecule has 0 aliphatic heterocycles. The van der Waals surface area contributed by atoms with E-state index in [1.54, 1.807) is 0 Å². The smallest absolute Gasteiger partial charge is 0.0835 e. The fraction of sp³-hybridized carbons (Fsp3) is 0.778. The third-order valence-electron chi connectivity index (χ3n) is 2.22. The monoisotopic (exact) mass is 224 g/mol. The predicted octanol–water partition coefficient (Wildman–Crippen LogP) is 2.63. The number of rotatable bonds is 3. The summed E-state index contributed by atoms with van der Waals surface area (Å²) in [4.78, 5) is 0. The molecule has 0 heterocycles. The van der Waals surface area contributed by atoms with Gasteiger partial charge in [-0.05, 0) is 25.7 Å². The van der Waals surface area contributed by atoms with Crippen LogP contribution < -0.4 is 0 Å². The van der Waals surface area contributed by atoms with Crippen LogP contribution in [0.3, 0.4) is 0 Å². The number of hydrogen-bond acceptors (Lipinski definition) is 2. The molecule has 4 heteroatoms. The lowest BCUT2D eigenvalue weighted by molar-refractivity contribution is 0.00812. The summed E-state index contributed by atoms with van der Waals surface area (Å²) in [7, 11) is 0. The summed E-state index contributed by atoms with van der Waals surface area (Å²) >= 11 is 11.0. The van der Waals surface area contributed by atoms with Gasteiger partial charge in [-0.2, -0.15) is 0 Å². The Balaban J connectivity index is 2.16. The number of aliphatic hydroxyl groups excluding tert-OH is 1. The molecule has 0 radical (unpaired) electrons. The van der Waals surface area contributed by atoms with E-state index in [9.17, 15) is 5.11 Å². The molecule has 0 bridgehead atoms. The van der Waals surface area contributed by atoms with Crippen molar-refractivity contribution >= 4 is 23.2 Å². The first kappa shape index (κ1) is 11.3. The molecular formula is C9H14Cl2O2. The average molecular weight is 225 g/mol. The second-order valence-corrected chi connectivity index (χ2v) is 4.00. The van der Waals surface area contributed by atoms with Gasteiger partial charge in [-0.15, -0.1) is 0 Å². The average Bonchev–Trinajstić information content (AvgIpc) is 2.16. The van der Waals surface area contributed by atoms with Crippen LogP contribution in [0.2, 0.25) is 0 Å². The molecule has 0 atom stereocenters. The summed E-state index contributed by atoms with van der Waals surface area (Å²) in [5.41, 5.74) is 1.32. The number of ether oxygens (including phenoxy) is 1. The van der Waals surface area contributed by atoms with Crippen molar-refractivity contribution in [2.24, 2.45) is 0 Å². The van der Waals surface area contributed by atoms with Gasteiger partial charge in [0.05, 0.1) is 23.8 Å². The van der Waals surface area contributed by atoms with E-state index in [1.807, 2.05) is 0 Å². The minimum atomic E-state index is -0.140. The van der Waals surface area contributed by atoms with Crippen molar-refractivity contribution in [3.63, 3.8) is 0 Å². The zero-order valence-electron chi connectivity index (χ0n) is 7.38. The van der Waals surface area contributed by atoms with Crippen molar-refractivity contribution in [1.82, 2.24) is 0 Å². The Labute approximate surface area is 88.5 Å². The summed E-state index contributed by atoms with van der Waals surface area (Å²) in [5, 5.41) is 9.76. The first-order chi connectivity index (χ1) is 6.22. The van der Waals surface area contributed by atoms with E-state index in [-0.39, 0.29) is 12.2 Å². The van der Waals surface area contributed by atoms with E-state index >= 15 is 0 Å². The van der Waals surface area contributed by atoms with Crippen molar-refractivity contribution in [2.45, 2.75) is 37.9 Å². The quantitative estimate of drug-likeness (QED) is 0.799. The second-order valence-electron chi connectivity index (χ2n) is 3.30. The van der Waals surface area contributed by atoms with Gasteiger partial charge in [0.15, 0.2) is 0 Å². The lowest BCUT2D eigenvalue weighted by Crippen LogP contribution is -2.24. The molecular weight excluding hydrogens is 211 g/mol. The maximum atomic E-state index is 9.24. The van der Waals surface area contributed by atoms with Crippen LogP contribution in [-0.2, 0) is 4.74 Å². The highest BCUT2D eigenvalue weighted by Crippen LogP contribution is 2.21. The van der Waals surface area contributed by atoms with Gasteiger partial charge in [-0.3, -0.25) is 0 Å². The fourth-order valence-corrected chi connectivity index (χ4v) is 1.57. The van der Waals surface area contributed by atoms with Gasteiger partial charge in [0, 0.05) is 5.54 Å². The van der Waals surface area contributed by atoms with Crippen LogP contribution in [0.4, 0.5) is 0 Å². The van der Waals surface area contributed by atoms with E-state index in [0.29, 0.717) is 11.6 Å². The van der Waals surface area contributed by atoms with Crippen molar-refractivity contribution in [3.8, 4) is 0 Å². The molecule has 76 valence electrons. The van der Waals surface area contributed by atoms with Crippen LogP contribution in [0, 0.1) is 0 Å². The molecule has 0 aromatic rings. The molecule has 0 aromatic heterocycles. The lowest BCUT2D eigenvalue weighted by atomic mass is 9.95. The number of hydrogen-bond donors (Lipinski definition) is 1. The molecule has 1 N–H and O–H groups in total. The molecule has 1 rings (SSSR count). The fourth-order valence-electron chi connectivity index (χ4n) is 1.44. The number of aliphatic hydroxyl groups is 1. The Kier molecular flexibility index (Phi) is 5.10. The van der Waals surface area contributed by atoms with Crippen molar-refractivity contribution in [2.75, 3.05) is 6.61 Å². The Bertz CT molecular complexity index is 174. The van der Waals surface area contributed by atoms with E-state index in [1.165, 1.54) is 5.54 Å². The van der Waals surface area contributed by atoms with Gasteiger partial charge in [0.2, 0.25) is 0 Å². The molecule has 1 aliphatic carbocycles. The third kappa shape index (κ3) is 4.32. The van der Waals surface area contributed by atoms with Crippen molar-refractivity contribution in [1.29, 1.82) is 0 Å². The Morgan fingerprint density at radius 3 is 2.54 bits per heavy atom. The standard InChI is InChI=1S/C9H14Cl2O2/c10-5-7(11)6-13-9-3-1-8(12)2-4-9/h5,8-9,12H,1-4,6H2/b7-5-. The van der Waals surface area contributed by atoms with Gasteiger partial charge in [-0.1, -0.05) is 23.2 Å². The molecule has 0 spiro atoms. The summed E-state index contributed by atoms with van der Waals surface area (Å²) in [5.74, 6) is 0. The van der Waals surface area contributed by atoms with Gasteiger partial charge in [0.25, 0.3) is 0 Å². The molecule has 1 aliphatic rings. The van der Waals surface area contributed by atoms with Crippen LogP contribution in [-0.4, -0.2) is 23.9 Å². The van der Waals surface area contributed by atoms with Crippen LogP contribution in [0.5, 0.6) is 0 Å². The summed E-state index contributed by atoms with van der Waals surface area (Å²) in [6.07, 6.45) is 3.56. The second kappa shape index (κ2) is 5.86. The summed E-state index contributed by atoms with van der Waals surface area (Å²) in [6, 6.07) is 0. The molecule has 1 fully saturated rings. The third-order valence-corrected chi connectivity index (χ3v) is 2.81. The Morgan fingerprint density at radius 1 is 1.38 bits per heavy atom. The zero-order chi connectivity index (χ0) is 9.68. The molecule has 0 unspecified atom stereocenters. The van der Waals surface area contributed by atoms with Gasteiger partial charge >= 0.3 is 0 Å². The Hall–Kier alpha value is 0.240. The van der Waals surface area contributed by atoms with Crippen LogP contribution in [0.25, 0.3) is 0 Å². The molecule has 0 amide bonds.